The Hall–Kier alpha value is -0.240. The van der Waals surface area contributed by atoms with E-state index >= 15 is 0 Å². The minimum absolute atomic E-state index is 0.0139. The summed E-state index contributed by atoms with van der Waals surface area (Å²) in [7, 11) is 0. The lowest BCUT2D eigenvalue weighted by Gasteiger charge is -2.02. The van der Waals surface area contributed by atoms with Crippen molar-refractivity contribution in [1.29, 1.82) is 0 Å². The first-order valence-electron chi connectivity index (χ1n) is 2.47. The second-order valence-corrected chi connectivity index (χ2v) is 2.19. The molecule has 0 N–H and O–H groups in total. The molecule has 44 valence electrons. The predicted molar refractivity (Wildman–Crippen MR) is 35.0 cm³/mol. The zero-order valence-electron chi connectivity index (χ0n) is 4.63. The van der Waals surface area contributed by atoms with E-state index in [-0.39, 0.29) is 5.56 Å². The monoisotopic (exact) mass is 129 g/mol. The van der Waals surface area contributed by atoms with Crippen molar-refractivity contribution in [3.05, 3.63) is 5.41 Å². The van der Waals surface area contributed by atoms with Gasteiger partial charge in [0.2, 0.25) is 5.56 Å². The third-order valence-corrected chi connectivity index (χ3v) is 1.44. The molecule has 1 rings (SSSR count). The van der Waals surface area contributed by atoms with Crippen LogP contribution >= 0.6 is 11.8 Å². The summed E-state index contributed by atoms with van der Waals surface area (Å²) < 4.78 is 5.11. The summed E-state index contributed by atoms with van der Waals surface area (Å²) >= 11 is 1.54. The molecule has 0 radical (unpaired) electrons. The lowest BCUT2D eigenvalue weighted by molar-refractivity contribution is 0.133. The van der Waals surface area contributed by atoms with Crippen molar-refractivity contribution in [3.63, 3.8) is 0 Å². The second-order valence-electron chi connectivity index (χ2n) is 1.27. The molecule has 0 saturated heterocycles. The van der Waals surface area contributed by atoms with E-state index in [2.05, 4.69) is 10.9 Å². The Bertz CT molecular complexity index is 128. The molecule has 2 nitrogen and oxygen atoms in total. The minimum Gasteiger partial charge on any atom is -0.347 e. The third kappa shape index (κ3) is 1.37. The molecule has 0 bridgehead atoms. The highest BCUT2D eigenvalue weighted by Gasteiger charge is 2.05. The van der Waals surface area contributed by atoms with Gasteiger partial charge in [0, 0.05) is 12.0 Å². The molecule has 8 heavy (non-hydrogen) atoms. The van der Waals surface area contributed by atoms with Crippen LogP contribution in [0, 0.1) is 0 Å². The predicted octanol–water partition coefficient (Wildman–Crippen LogP) is 1.24. The Kier molecular flexibility index (Phi) is 2.15. The number of nitrogens with zero attached hydrogens (tertiary/aromatic N) is 1. The molecule has 0 aromatic heterocycles. The van der Waals surface area contributed by atoms with Gasteiger partial charge in [0.25, 0.3) is 0 Å². The normalized spacial score (nSPS) is 24.9. The Morgan fingerprint density at radius 1 is 2.00 bits per heavy atom. The number of hydrogen-bond donors (Lipinski definition) is 0. The molecule has 1 aliphatic heterocycles. The number of ether oxygens (including phenoxy) is 1. The van der Waals surface area contributed by atoms with E-state index in [1.54, 1.807) is 17.2 Å². The molecule has 3 heteroatoms. The fourth-order valence-electron chi connectivity index (χ4n) is 0.429. The molecule has 0 aromatic rings. The van der Waals surface area contributed by atoms with Crippen LogP contribution in [0.4, 0.5) is 0 Å². The smallest absolute Gasteiger partial charge is 0.209 e. The molecular weight excluding hydrogens is 122 g/mol. The maximum Gasteiger partial charge on any atom is 0.209 e. The zero-order chi connectivity index (χ0) is 5.82. The summed E-state index contributed by atoms with van der Waals surface area (Å²) in [4.78, 5) is 3.86. The molecule has 0 spiro atoms. The molecule has 0 saturated carbocycles. The van der Waals surface area contributed by atoms with Gasteiger partial charge in [-0.2, -0.15) is 4.99 Å². The van der Waals surface area contributed by atoms with Crippen LogP contribution in [0.5, 0.6) is 0 Å². The highest BCUT2D eigenvalue weighted by Crippen LogP contribution is 2.16. The van der Waals surface area contributed by atoms with Gasteiger partial charge in [-0.05, 0) is 12.8 Å². The molecule has 0 fully saturated rings. The largest absolute Gasteiger partial charge is 0.347 e. The SMILES string of the molecule is CCOC1N=C=CS1. The van der Waals surface area contributed by atoms with Crippen molar-refractivity contribution >= 4 is 17.6 Å². The van der Waals surface area contributed by atoms with Crippen LogP contribution in [-0.4, -0.2) is 18.0 Å². The van der Waals surface area contributed by atoms with Crippen LogP contribution in [-0.2, 0) is 4.74 Å². The molecule has 1 heterocycles. The number of rotatable bonds is 2. The quantitative estimate of drug-likeness (QED) is 0.559. The number of aliphatic imine (C=N–C) groups is 1. The van der Waals surface area contributed by atoms with Gasteiger partial charge >= 0.3 is 0 Å². The van der Waals surface area contributed by atoms with Gasteiger partial charge in [0.1, 0.15) is 0 Å². The Morgan fingerprint density at radius 3 is 3.38 bits per heavy atom. The van der Waals surface area contributed by atoms with Gasteiger partial charge in [-0.1, -0.05) is 11.8 Å². The van der Waals surface area contributed by atoms with Crippen LogP contribution in [0.2, 0.25) is 0 Å². The van der Waals surface area contributed by atoms with E-state index in [1.807, 2.05) is 6.92 Å². The molecule has 0 amide bonds. The van der Waals surface area contributed by atoms with Gasteiger partial charge in [-0.15, -0.1) is 0 Å². The van der Waals surface area contributed by atoms with E-state index in [0.717, 1.165) is 6.61 Å². The van der Waals surface area contributed by atoms with Crippen LogP contribution in [0.1, 0.15) is 6.92 Å². The summed E-state index contributed by atoms with van der Waals surface area (Å²) in [6, 6.07) is 0. The Balaban J connectivity index is 2.21. The fourth-order valence-corrected chi connectivity index (χ4v) is 1.00. The third-order valence-electron chi connectivity index (χ3n) is 0.726. The average molecular weight is 129 g/mol. The molecule has 0 aromatic carbocycles. The van der Waals surface area contributed by atoms with Crippen molar-refractivity contribution in [1.82, 2.24) is 0 Å². The Morgan fingerprint density at radius 2 is 2.88 bits per heavy atom. The first-order chi connectivity index (χ1) is 3.93. The van der Waals surface area contributed by atoms with E-state index in [9.17, 15) is 0 Å². The summed E-state index contributed by atoms with van der Waals surface area (Å²) in [6.45, 7) is 2.67. The number of thioether (sulfide) groups is 1. The molecular formula is C5H7NOS. The van der Waals surface area contributed by atoms with Crippen molar-refractivity contribution in [2.75, 3.05) is 6.61 Å². The lowest BCUT2D eigenvalue weighted by Crippen LogP contribution is -2.00. The van der Waals surface area contributed by atoms with Crippen molar-refractivity contribution < 1.29 is 4.74 Å². The highest BCUT2D eigenvalue weighted by atomic mass is 32.2. The Labute approximate surface area is 52.6 Å². The van der Waals surface area contributed by atoms with E-state index in [0.29, 0.717) is 0 Å². The minimum atomic E-state index is -0.0139. The average Bonchev–Trinajstić information content (AvgIpc) is 2.19. The van der Waals surface area contributed by atoms with E-state index < -0.39 is 0 Å². The first-order valence-corrected chi connectivity index (χ1v) is 3.42. The van der Waals surface area contributed by atoms with Crippen molar-refractivity contribution in [3.8, 4) is 0 Å². The van der Waals surface area contributed by atoms with Crippen LogP contribution in [0.25, 0.3) is 0 Å². The lowest BCUT2D eigenvalue weighted by atomic mass is 10.9. The van der Waals surface area contributed by atoms with Gasteiger partial charge in [-0.25, -0.2) is 0 Å². The fraction of sp³-hybridized carbons (Fsp3) is 0.600. The molecule has 1 atom stereocenters. The molecule has 1 aliphatic rings. The summed E-state index contributed by atoms with van der Waals surface area (Å²) in [6.07, 6.45) is 0. The summed E-state index contributed by atoms with van der Waals surface area (Å²) in [5.74, 6) is 2.70. The summed E-state index contributed by atoms with van der Waals surface area (Å²) in [5.41, 5.74) is -0.0139. The van der Waals surface area contributed by atoms with Crippen LogP contribution in [0.3, 0.4) is 0 Å². The summed E-state index contributed by atoms with van der Waals surface area (Å²) in [5, 5.41) is 1.81. The maximum atomic E-state index is 5.11. The van der Waals surface area contributed by atoms with Gasteiger partial charge < -0.3 is 4.74 Å². The van der Waals surface area contributed by atoms with Gasteiger partial charge in [-0.3, -0.25) is 0 Å². The van der Waals surface area contributed by atoms with Crippen molar-refractivity contribution in [2.45, 2.75) is 12.5 Å². The highest BCUT2D eigenvalue weighted by molar-refractivity contribution is 8.03. The van der Waals surface area contributed by atoms with E-state index in [1.165, 1.54) is 0 Å². The van der Waals surface area contributed by atoms with Crippen molar-refractivity contribution in [2.24, 2.45) is 4.99 Å². The van der Waals surface area contributed by atoms with Crippen LogP contribution in [0.15, 0.2) is 10.4 Å². The van der Waals surface area contributed by atoms with E-state index in [4.69, 9.17) is 4.74 Å². The van der Waals surface area contributed by atoms with Gasteiger partial charge in [0.15, 0.2) is 0 Å². The molecule has 0 aliphatic carbocycles. The topological polar surface area (TPSA) is 21.6 Å². The standard InChI is InChI=1S/C5H7NOS/c1-2-7-5-6-3-4-8-5/h4-5H,2H2,1H3. The second kappa shape index (κ2) is 2.92. The maximum absolute atomic E-state index is 5.11. The number of hydrogen-bond acceptors (Lipinski definition) is 3. The van der Waals surface area contributed by atoms with Crippen LogP contribution < -0.4 is 0 Å². The zero-order valence-corrected chi connectivity index (χ0v) is 5.44. The first kappa shape index (κ1) is 5.89. The molecule has 1 unspecified atom stereocenters. The van der Waals surface area contributed by atoms with Gasteiger partial charge in [0.05, 0.1) is 0 Å².